The Morgan fingerprint density at radius 1 is 1.06 bits per heavy atom. The van der Waals surface area contributed by atoms with E-state index in [1.165, 1.54) is 4.57 Å². The van der Waals surface area contributed by atoms with Gasteiger partial charge in [0, 0.05) is 38.5 Å². The van der Waals surface area contributed by atoms with Gasteiger partial charge in [0.2, 0.25) is 0 Å². The smallest absolute Gasteiger partial charge is 0.326 e. The molecule has 1 N–H and O–H groups in total. The van der Waals surface area contributed by atoms with Crippen LogP contribution >= 0.6 is 0 Å². The monoisotopic (exact) mass is 419 g/mol. The number of nitrogens with zero attached hydrogens (tertiary/aromatic N) is 2. The third kappa shape index (κ3) is 3.15. The molecule has 1 saturated heterocycles. The fourth-order valence-electron chi connectivity index (χ4n) is 4.70. The van der Waals surface area contributed by atoms with Gasteiger partial charge in [-0.3, -0.25) is 14.2 Å². The lowest BCUT2D eigenvalue weighted by atomic mass is 9.81. The average Bonchev–Trinajstić information content (AvgIpc) is 3.03. The number of ether oxygens (including phenoxy) is 1. The molecule has 160 valence electrons. The van der Waals surface area contributed by atoms with Gasteiger partial charge in [0.25, 0.3) is 5.91 Å². The van der Waals surface area contributed by atoms with Crippen molar-refractivity contribution in [3.05, 3.63) is 63.1 Å². The molecule has 0 radical (unpaired) electrons. The molecule has 2 aliphatic heterocycles. The van der Waals surface area contributed by atoms with Crippen LogP contribution in [-0.2, 0) is 7.05 Å². The van der Waals surface area contributed by atoms with Gasteiger partial charge < -0.3 is 14.6 Å². The number of fused-ring (bicyclic) bond motifs is 2. The molecule has 0 saturated carbocycles. The van der Waals surface area contributed by atoms with E-state index in [1.807, 2.05) is 26.0 Å². The number of carbonyl (C=O) groups excluding carboxylic acids is 2. The number of benzene rings is 2. The normalized spacial score (nSPS) is 17.6. The van der Waals surface area contributed by atoms with E-state index >= 15 is 0 Å². The molecule has 1 fully saturated rings. The van der Waals surface area contributed by atoms with Crippen LogP contribution in [0.4, 0.5) is 0 Å². The predicted octanol–water partition coefficient (Wildman–Crippen LogP) is 3.12. The summed E-state index contributed by atoms with van der Waals surface area (Å²) in [5.41, 5.74) is 4.06. The molecule has 0 bridgehead atoms. The van der Waals surface area contributed by atoms with Gasteiger partial charge in [0.15, 0.2) is 5.78 Å². The second kappa shape index (κ2) is 6.83. The molecule has 7 heteroatoms. The van der Waals surface area contributed by atoms with Crippen LogP contribution in [0.2, 0.25) is 0 Å². The lowest BCUT2D eigenvalue weighted by Crippen LogP contribution is -2.52. The van der Waals surface area contributed by atoms with Gasteiger partial charge in [0.05, 0.1) is 23.0 Å². The van der Waals surface area contributed by atoms with Crippen molar-refractivity contribution in [2.75, 3.05) is 13.1 Å². The number of imidazole rings is 1. The molecule has 0 aliphatic carbocycles. The summed E-state index contributed by atoms with van der Waals surface area (Å²) in [5.74, 6) is 0.704. The molecule has 0 atom stereocenters. The number of aromatic nitrogens is 2. The van der Waals surface area contributed by atoms with E-state index in [1.54, 1.807) is 30.1 Å². The quantitative estimate of drug-likeness (QED) is 0.657. The maximum absolute atomic E-state index is 13.1. The number of Topliss-reactive ketones (excluding diaryl/α,β-unsaturated/α-hetero) is 1. The Hall–Kier alpha value is -3.35. The molecule has 2 aliphatic rings. The molecule has 31 heavy (non-hydrogen) atoms. The summed E-state index contributed by atoms with van der Waals surface area (Å²) in [6, 6.07) is 9.14. The van der Waals surface area contributed by atoms with Gasteiger partial charge in [0.1, 0.15) is 11.4 Å². The molecule has 7 nitrogen and oxygen atoms in total. The molecule has 1 aromatic heterocycles. The molecule has 1 spiro atoms. The van der Waals surface area contributed by atoms with Crippen LogP contribution in [0.15, 0.2) is 35.1 Å². The number of aryl methyl sites for hydroxylation is 3. The van der Waals surface area contributed by atoms with Crippen molar-refractivity contribution in [1.29, 1.82) is 0 Å². The first-order chi connectivity index (χ1) is 14.8. The third-order valence-electron chi connectivity index (χ3n) is 6.82. The van der Waals surface area contributed by atoms with Crippen molar-refractivity contribution < 1.29 is 14.3 Å². The van der Waals surface area contributed by atoms with Crippen molar-refractivity contribution in [3.8, 4) is 5.75 Å². The van der Waals surface area contributed by atoms with Crippen LogP contribution in [0.5, 0.6) is 5.75 Å². The summed E-state index contributed by atoms with van der Waals surface area (Å²) in [4.78, 5) is 42.3. The summed E-state index contributed by atoms with van der Waals surface area (Å²) < 4.78 is 7.89. The van der Waals surface area contributed by atoms with Gasteiger partial charge in [-0.1, -0.05) is 0 Å². The van der Waals surface area contributed by atoms with Gasteiger partial charge in [-0.2, -0.15) is 0 Å². The highest BCUT2D eigenvalue weighted by Gasteiger charge is 2.43. The second-order valence-electron chi connectivity index (χ2n) is 8.83. The number of nitrogens with one attached hydrogen (secondary N) is 1. The summed E-state index contributed by atoms with van der Waals surface area (Å²) in [5, 5.41) is 0. The summed E-state index contributed by atoms with van der Waals surface area (Å²) in [6.07, 6.45) is 1.57. The molecular weight excluding hydrogens is 394 g/mol. The topological polar surface area (TPSA) is 84.4 Å². The number of hydrogen-bond acceptors (Lipinski definition) is 4. The standard InChI is InChI=1S/C24H25N3O4/c1-14-10-17-20(28)13-24(31-21(17)11-15(14)2)6-8-27(9-7-24)22(29)16-4-5-19-18(12-16)25-23(30)26(19)3/h4-5,10-12H,6-9,13H2,1-3H3,(H,25,30). The molecule has 0 unspecified atom stereocenters. The lowest BCUT2D eigenvalue weighted by Gasteiger charge is -2.44. The Balaban J connectivity index is 1.34. The van der Waals surface area contributed by atoms with Crippen molar-refractivity contribution in [3.63, 3.8) is 0 Å². The molecule has 2 aromatic carbocycles. The average molecular weight is 419 g/mol. The summed E-state index contributed by atoms with van der Waals surface area (Å²) >= 11 is 0. The van der Waals surface area contributed by atoms with E-state index in [2.05, 4.69) is 4.98 Å². The van der Waals surface area contributed by atoms with Crippen molar-refractivity contribution in [1.82, 2.24) is 14.5 Å². The van der Waals surface area contributed by atoms with Crippen LogP contribution in [0.1, 0.15) is 51.1 Å². The molecule has 3 aromatic rings. The number of carbonyl (C=O) groups is 2. The number of piperidine rings is 1. The fourth-order valence-corrected chi connectivity index (χ4v) is 4.70. The first kappa shape index (κ1) is 19.6. The number of H-pyrrole nitrogens is 1. The van der Waals surface area contributed by atoms with Crippen LogP contribution in [0.25, 0.3) is 11.0 Å². The Morgan fingerprint density at radius 3 is 2.52 bits per heavy atom. The SMILES string of the molecule is Cc1cc2c(cc1C)C(=O)CC1(CCN(C(=O)c3ccc4c(c3)[nH]c(=O)n4C)CC1)O2. The zero-order chi connectivity index (χ0) is 21.9. The first-order valence-electron chi connectivity index (χ1n) is 10.6. The number of aromatic amines is 1. The minimum atomic E-state index is -0.544. The third-order valence-corrected chi connectivity index (χ3v) is 6.82. The van der Waals surface area contributed by atoms with Crippen LogP contribution in [-0.4, -0.2) is 44.8 Å². The summed E-state index contributed by atoms with van der Waals surface area (Å²) in [7, 11) is 1.69. The van der Waals surface area contributed by atoms with E-state index in [0.717, 1.165) is 16.6 Å². The van der Waals surface area contributed by atoms with E-state index in [0.29, 0.717) is 54.7 Å². The minimum absolute atomic E-state index is 0.0737. The van der Waals surface area contributed by atoms with Crippen LogP contribution in [0, 0.1) is 13.8 Å². The molecule has 3 heterocycles. The van der Waals surface area contributed by atoms with Crippen LogP contribution < -0.4 is 10.4 Å². The first-order valence-corrected chi connectivity index (χ1v) is 10.6. The maximum Gasteiger partial charge on any atom is 0.326 e. The maximum atomic E-state index is 13.1. The number of hydrogen-bond donors (Lipinski definition) is 1. The predicted molar refractivity (Wildman–Crippen MR) is 117 cm³/mol. The largest absolute Gasteiger partial charge is 0.486 e. The lowest BCUT2D eigenvalue weighted by molar-refractivity contribution is -0.00575. The zero-order valence-corrected chi connectivity index (χ0v) is 17.9. The van der Waals surface area contributed by atoms with Crippen molar-refractivity contribution >= 4 is 22.7 Å². The Labute approximate surface area is 179 Å². The highest BCUT2D eigenvalue weighted by molar-refractivity contribution is 6.01. The summed E-state index contributed by atoms with van der Waals surface area (Å²) in [6.45, 7) is 5.06. The fraction of sp³-hybridized carbons (Fsp3) is 0.375. The minimum Gasteiger partial charge on any atom is -0.486 e. The highest BCUT2D eigenvalue weighted by atomic mass is 16.5. The molecule has 5 rings (SSSR count). The van der Waals surface area contributed by atoms with E-state index in [-0.39, 0.29) is 17.4 Å². The molecular formula is C24H25N3O4. The van der Waals surface area contributed by atoms with Gasteiger partial charge in [-0.05, 0) is 55.3 Å². The van der Waals surface area contributed by atoms with E-state index in [9.17, 15) is 14.4 Å². The van der Waals surface area contributed by atoms with Gasteiger partial charge in [-0.15, -0.1) is 0 Å². The number of ketones is 1. The Bertz CT molecular complexity index is 1290. The highest BCUT2D eigenvalue weighted by Crippen LogP contribution is 2.40. The van der Waals surface area contributed by atoms with E-state index in [4.69, 9.17) is 4.74 Å². The Morgan fingerprint density at radius 2 is 1.77 bits per heavy atom. The Kier molecular flexibility index (Phi) is 4.32. The van der Waals surface area contributed by atoms with E-state index < -0.39 is 5.60 Å². The van der Waals surface area contributed by atoms with Crippen LogP contribution in [0.3, 0.4) is 0 Å². The van der Waals surface area contributed by atoms with Crippen molar-refractivity contribution in [2.24, 2.45) is 7.05 Å². The van der Waals surface area contributed by atoms with Gasteiger partial charge >= 0.3 is 5.69 Å². The zero-order valence-electron chi connectivity index (χ0n) is 17.9. The van der Waals surface area contributed by atoms with Gasteiger partial charge in [-0.25, -0.2) is 4.79 Å². The second-order valence-corrected chi connectivity index (χ2v) is 8.83. The number of rotatable bonds is 1. The number of likely N-dealkylation sites (tertiary alicyclic amines) is 1. The molecule has 1 amide bonds. The number of amides is 1. The van der Waals surface area contributed by atoms with Crippen molar-refractivity contribution in [2.45, 2.75) is 38.7 Å².